The molecule has 0 saturated heterocycles. The highest BCUT2D eigenvalue weighted by Crippen LogP contribution is 2.31. The molecule has 0 radical (unpaired) electrons. The van der Waals surface area contributed by atoms with Gasteiger partial charge in [0, 0.05) is 13.3 Å². The Labute approximate surface area is 109 Å². The Bertz CT molecular complexity index is 596. The molecule has 1 unspecified atom stereocenters. The van der Waals surface area contributed by atoms with E-state index >= 15 is 0 Å². The number of aliphatic imine (C=N–C) groups is 1. The van der Waals surface area contributed by atoms with Gasteiger partial charge in [0.1, 0.15) is 0 Å². The molecule has 2 rings (SSSR count). The number of hydrogen-bond acceptors (Lipinski definition) is 1. The van der Waals surface area contributed by atoms with Gasteiger partial charge in [0.25, 0.3) is 0 Å². The molecule has 0 aliphatic heterocycles. The van der Waals surface area contributed by atoms with E-state index in [1.807, 2.05) is 12.2 Å². The van der Waals surface area contributed by atoms with Gasteiger partial charge in [-0.2, -0.15) is 0 Å². The molecule has 90 valence electrons. The predicted molar refractivity (Wildman–Crippen MR) is 85.2 cm³/mol. The van der Waals surface area contributed by atoms with Crippen LogP contribution in [0, 0.1) is 0 Å². The van der Waals surface area contributed by atoms with Crippen LogP contribution in [0.5, 0.6) is 0 Å². The van der Waals surface area contributed by atoms with E-state index < -0.39 is 0 Å². The minimum atomic E-state index is 0.753. The van der Waals surface area contributed by atoms with E-state index in [1.54, 1.807) is 13.3 Å². The summed E-state index contributed by atoms with van der Waals surface area (Å²) in [5, 5.41) is 4.13. The molecule has 0 aliphatic carbocycles. The summed E-state index contributed by atoms with van der Waals surface area (Å²) in [6.07, 6.45) is 9.81. The topological polar surface area (TPSA) is 12.4 Å². The lowest BCUT2D eigenvalue weighted by atomic mass is 10.2. The second-order valence-electron chi connectivity index (χ2n) is 3.92. The fourth-order valence-corrected chi connectivity index (χ4v) is 2.91. The highest BCUT2D eigenvalue weighted by molar-refractivity contribution is 7.38. The van der Waals surface area contributed by atoms with Crippen LogP contribution in [0.1, 0.15) is 5.30 Å². The van der Waals surface area contributed by atoms with Crippen LogP contribution in [0.2, 0.25) is 0 Å². The molecule has 1 atom stereocenters. The van der Waals surface area contributed by atoms with Gasteiger partial charge in [-0.15, -0.1) is 8.19 Å². The Hall–Kier alpha value is -1.85. The Morgan fingerprint density at radius 3 is 2.89 bits per heavy atom. The van der Waals surface area contributed by atoms with Crippen LogP contribution in [0.25, 0.3) is 16.6 Å². The lowest BCUT2D eigenvalue weighted by Crippen LogP contribution is -1.72. The van der Waals surface area contributed by atoms with Crippen molar-refractivity contribution in [3.05, 3.63) is 66.0 Å². The SMILES string of the molecule is C=CC(/C=C/c1cc2ccccc2[pH]1)=C\C=NC. The van der Waals surface area contributed by atoms with Crippen molar-refractivity contribution in [1.29, 1.82) is 0 Å². The zero-order chi connectivity index (χ0) is 12.8. The largest absolute Gasteiger partial charge is 0.296 e. The zero-order valence-electron chi connectivity index (χ0n) is 10.4. The number of rotatable bonds is 4. The van der Waals surface area contributed by atoms with Gasteiger partial charge < -0.3 is 0 Å². The van der Waals surface area contributed by atoms with Gasteiger partial charge in [-0.3, -0.25) is 4.99 Å². The van der Waals surface area contributed by atoms with E-state index in [0.29, 0.717) is 0 Å². The Morgan fingerprint density at radius 1 is 1.33 bits per heavy atom. The third-order valence-electron chi connectivity index (χ3n) is 2.66. The first-order valence-corrected chi connectivity index (χ1v) is 6.84. The predicted octanol–water partition coefficient (Wildman–Crippen LogP) is 4.70. The third kappa shape index (κ3) is 3.09. The van der Waals surface area contributed by atoms with Crippen LogP contribution >= 0.6 is 8.19 Å². The van der Waals surface area contributed by atoms with Gasteiger partial charge in [0.05, 0.1) is 0 Å². The first-order chi connectivity index (χ1) is 8.83. The second-order valence-corrected chi connectivity index (χ2v) is 5.29. The number of nitrogens with zero attached hydrogens (tertiary/aromatic N) is 1. The quantitative estimate of drug-likeness (QED) is 0.553. The summed E-state index contributed by atoms with van der Waals surface area (Å²) < 4.78 is 0. The van der Waals surface area contributed by atoms with Crippen molar-refractivity contribution >= 4 is 31.0 Å². The molecule has 2 heteroatoms. The molecule has 0 spiro atoms. The molecule has 2 aromatic rings. The lowest BCUT2D eigenvalue weighted by molar-refractivity contribution is 1.47. The van der Waals surface area contributed by atoms with Gasteiger partial charge in [-0.05, 0) is 33.5 Å². The first kappa shape index (κ1) is 12.6. The molecule has 0 amide bonds. The molecule has 0 N–H and O–H groups in total. The molecule has 1 aromatic carbocycles. The summed E-state index contributed by atoms with van der Waals surface area (Å²) in [5.74, 6) is 0. The average Bonchev–Trinajstić information content (AvgIpc) is 2.81. The maximum atomic E-state index is 3.94. The molecule has 1 heterocycles. The van der Waals surface area contributed by atoms with Crippen molar-refractivity contribution < 1.29 is 0 Å². The van der Waals surface area contributed by atoms with Crippen LogP contribution in [-0.2, 0) is 0 Å². The minimum absolute atomic E-state index is 0.753. The molecule has 0 aliphatic rings. The van der Waals surface area contributed by atoms with Gasteiger partial charge in [-0.1, -0.05) is 49.1 Å². The summed E-state index contributed by atoms with van der Waals surface area (Å²) in [6, 6.07) is 10.8. The van der Waals surface area contributed by atoms with Crippen LogP contribution in [-0.4, -0.2) is 13.3 Å². The highest BCUT2D eigenvalue weighted by Gasteiger charge is 1.95. The summed E-state index contributed by atoms with van der Waals surface area (Å²) in [6.45, 7) is 3.80. The summed E-state index contributed by atoms with van der Waals surface area (Å²) in [7, 11) is 2.52. The van der Waals surface area contributed by atoms with E-state index in [4.69, 9.17) is 0 Å². The van der Waals surface area contributed by atoms with Crippen molar-refractivity contribution in [2.24, 2.45) is 4.99 Å². The van der Waals surface area contributed by atoms with Gasteiger partial charge >= 0.3 is 0 Å². The summed E-state index contributed by atoms with van der Waals surface area (Å²) in [5.41, 5.74) is 1.07. The normalized spacial score (nSPS) is 13.3. The van der Waals surface area contributed by atoms with Gasteiger partial charge in [0.15, 0.2) is 0 Å². The van der Waals surface area contributed by atoms with Crippen LogP contribution in [0.3, 0.4) is 0 Å². The second kappa shape index (κ2) is 6.18. The Morgan fingerprint density at radius 2 is 2.17 bits per heavy atom. The molecule has 0 saturated carbocycles. The molecular formula is C16H16NP. The van der Waals surface area contributed by atoms with Gasteiger partial charge in [0.2, 0.25) is 0 Å². The first-order valence-electron chi connectivity index (χ1n) is 5.84. The standard InChI is InChI=1S/C16H16NP/c1-3-13(10-11-17-2)8-9-15-12-14-6-4-5-7-16(14)18-15/h3-12,18H,1H2,2H3/b9-8+,13-10+,17-11?. The molecular weight excluding hydrogens is 237 g/mol. The smallest absolute Gasteiger partial charge is 0.0277 e. The number of fused-ring (bicyclic) bond motifs is 1. The number of allylic oxidation sites excluding steroid dienone is 4. The average molecular weight is 253 g/mol. The Balaban J connectivity index is 2.24. The van der Waals surface area contributed by atoms with E-state index in [2.05, 4.69) is 54.1 Å². The van der Waals surface area contributed by atoms with Crippen molar-refractivity contribution in [2.45, 2.75) is 0 Å². The highest BCUT2D eigenvalue weighted by atomic mass is 31.0. The van der Waals surface area contributed by atoms with Crippen LogP contribution in [0.4, 0.5) is 0 Å². The number of hydrogen-bond donors (Lipinski definition) is 0. The summed E-state index contributed by atoms with van der Waals surface area (Å²) in [4.78, 5) is 3.94. The van der Waals surface area contributed by atoms with Crippen molar-refractivity contribution in [1.82, 2.24) is 0 Å². The van der Waals surface area contributed by atoms with E-state index in [0.717, 1.165) is 13.8 Å². The van der Waals surface area contributed by atoms with Crippen LogP contribution in [0.15, 0.2) is 65.7 Å². The number of benzene rings is 1. The fraction of sp³-hybridized carbons (Fsp3) is 0.0625. The lowest BCUT2D eigenvalue weighted by Gasteiger charge is -1.89. The molecule has 18 heavy (non-hydrogen) atoms. The van der Waals surface area contributed by atoms with Gasteiger partial charge in [-0.25, -0.2) is 0 Å². The minimum Gasteiger partial charge on any atom is -0.296 e. The molecule has 1 aromatic heterocycles. The van der Waals surface area contributed by atoms with Crippen molar-refractivity contribution in [3.63, 3.8) is 0 Å². The third-order valence-corrected chi connectivity index (χ3v) is 3.98. The van der Waals surface area contributed by atoms with Crippen molar-refractivity contribution in [3.8, 4) is 0 Å². The van der Waals surface area contributed by atoms with E-state index in [-0.39, 0.29) is 0 Å². The fourth-order valence-electron chi connectivity index (χ4n) is 1.72. The van der Waals surface area contributed by atoms with E-state index in [1.165, 1.54) is 15.8 Å². The van der Waals surface area contributed by atoms with E-state index in [9.17, 15) is 0 Å². The van der Waals surface area contributed by atoms with Crippen LogP contribution < -0.4 is 0 Å². The molecule has 0 fully saturated rings. The maximum absolute atomic E-state index is 3.94. The van der Waals surface area contributed by atoms with Crippen molar-refractivity contribution in [2.75, 3.05) is 7.05 Å². The maximum Gasteiger partial charge on any atom is 0.0277 e. The Kier molecular flexibility index (Phi) is 4.33. The zero-order valence-corrected chi connectivity index (χ0v) is 11.4. The molecule has 0 bridgehead atoms. The molecule has 1 nitrogen and oxygen atoms in total. The summed E-state index contributed by atoms with van der Waals surface area (Å²) >= 11 is 0. The monoisotopic (exact) mass is 253 g/mol.